The molecule has 0 atom stereocenters. The number of sulfonamides is 1. The van der Waals surface area contributed by atoms with Crippen molar-refractivity contribution in [3.8, 4) is 17.2 Å². The monoisotopic (exact) mass is 466 g/mol. The van der Waals surface area contributed by atoms with E-state index in [1.807, 2.05) is 0 Å². The number of rotatable bonds is 6. The summed E-state index contributed by atoms with van der Waals surface area (Å²) in [6.07, 6.45) is -2.35. The Hall–Kier alpha value is -3.87. The summed E-state index contributed by atoms with van der Waals surface area (Å²) in [5, 5.41) is 6.54. The number of aromatic nitrogens is 2. The van der Waals surface area contributed by atoms with Crippen molar-refractivity contribution in [2.24, 2.45) is 7.05 Å². The number of carbonyl (C=O) groups excluding carboxylic acids is 1. The molecule has 1 aliphatic heterocycles. The highest BCUT2D eigenvalue weighted by Crippen LogP contribution is 2.42. The van der Waals surface area contributed by atoms with Gasteiger partial charge in [-0.05, 0) is 30.3 Å². The number of hydrogen-bond acceptors (Lipinski definition) is 7. The molecule has 10 nitrogen and oxygen atoms in total. The molecule has 0 saturated heterocycles. The van der Waals surface area contributed by atoms with Crippen LogP contribution in [0.25, 0.3) is 0 Å². The second-order valence-corrected chi connectivity index (χ2v) is 8.25. The summed E-state index contributed by atoms with van der Waals surface area (Å²) >= 11 is 0. The smallest absolute Gasteiger partial charge is 0.495 e. The zero-order valence-electron chi connectivity index (χ0n) is 16.6. The lowest BCUT2D eigenvalue weighted by molar-refractivity contribution is -0.286. The van der Waals surface area contributed by atoms with Crippen LogP contribution in [0.2, 0.25) is 0 Å². The Labute approximate surface area is 180 Å². The van der Waals surface area contributed by atoms with Crippen LogP contribution in [0.15, 0.2) is 53.6 Å². The minimum absolute atomic E-state index is 0.0271. The molecular formula is C19H16F2N4O6S. The van der Waals surface area contributed by atoms with Gasteiger partial charge in [0.2, 0.25) is 0 Å². The first-order chi connectivity index (χ1) is 15.1. The molecule has 0 fully saturated rings. The number of fused-ring (bicyclic) bond motifs is 1. The van der Waals surface area contributed by atoms with E-state index in [0.717, 1.165) is 12.1 Å². The maximum Gasteiger partial charge on any atom is 0.586 e. The van der Waals surface area contributed by atoms with Gasteiger partial charge in [-0.2, -0.15) is 5.10 Å². The third-order valence-electron chi connectivity index (χ3n) is 4.42. The fourth-order valence-corrected chi connectivity index (χ4v) is 4.18. The van der Waals surface area contributed by atoms with E-state index in [4.69, 9.17) is 4.74 Å². The fraction of sp³-hybridized carbons (Fsp3) is 0.158. The first-order valence-electron chi connectivity index (χ1n) is 8.98. The van der Waals surface area contributed by atoms with Crippen LogP contribution in [0.4, 0.5) is 20.2 Å². The standard InChI is InChI=1S/C19H16F2N4O6S/c1-25-13(7-8-22-25)18(26)23-11-4-6-17(16(9-11)29-2)32(27,28)24-12-3-5-14-15(10-12)31-19(20,21)30-14/h3-10,24H,1-2H3,(H,23,26). The molecule has 0 spiro atoms. The quantitative estimate of drug-likeness (QED) is 0.573. The van der Waals surface area contributed by atoms with Gasteiger partial charge in [0, 0.05) is 31.1 Å². The lowest BCUT2D eigenvalue weighted by Gasteiger charge is -2.14. The SMILES string of the molecule is COc1cc(NC(=O)c2ccnn2C)ccc1S(=O)(=O)Nc1ccc2c(c1)OC(F)(F)O2. The van der Waals surface area contributed by atoms with Gasteiger partial charge in [-0.1, -0.05) is 0 Å². The Morgan fingerprint density at radius 3 is 2.50 bits per heavy atom. The summed E-state index contributed by atoms with van der Waals surface area (Å²) in [5.41, 5.74) is 0.564. The Kier molecular flexibility index (Phi) is 5.12. The number of amides is 1. The van der Waals surface area contributed by atoms with Crippen LogP contribution in [0.1, 0.15) is 10.5 Å². The van der Waals surface area contributed by atoms with Crippen molar-refractivity contribution in [3.63, 3.8) is 0 Å². The van der Waals surface area contributed by atoms with Crippen LogP contribution in [0, 0.1) is 0 Å². The highest BCUT2D eigenvalue weighted by atomic mass is 32.2. The van der Waals surface area contributed by atoms with Crippen LogP contribution in [0.3, 0.4) is 0 Å². The van der Waals surface area contributed by atoms with Crippen molar-refractivity contribution in [3.05, 3.63) is 54.4 Å². The molecule has 168 valence electrons. The molecule has 0 aliphatic carbocycles. The van der Waals surface area contributed by atoms with E-state index in [-0.39, 0.29) is 33.5 Å². The summed E-state index contributed by atoms with van der Waals surface area (Å²) in [7, 11) is -1.31. The third-order valence-corrected chi connectivity index (χ3v) is 5.84. The summed E-state index contributed by atoms with van der Waals surface area (Å²) in [6.45, 7) is 0. The molecular weight excluding hydrogens is 450 g/mol. The molecule has 0 bridgehead atoms. The Bertz CT molecular complexity index is 1310. The summed E-state index contributed by atoms with van der Waals surface area (Å²) in [4.78, 5) is 12.1. The number of methoxy groups -OCH3 is 1. The van der Waals surface area contributed by atoms with Crippen molar-refractivity contribution >= 4 is 27.3 Å². The molecule has 32 heavy (non-hydrogen) atoms. The summed E-state index contributed by atoms with van der Waals surface area (Å²) in [5.74, 6) is -1.02. The van der Waals surface area contributed by atoms with Gasteiger partial charge in [0.05, 0.1) is 12.8 Å². The molecule has 2 heterocycles. The molecule has 1 aliphatic rings. The van der Waals surface area contributed by atoms with Crippen molar-refractivity contribution in [1.82, 2.24) is 9.78 Å². The maximum atomic E-state index is 13.2. The highest BCUT2D eigenvalue weighted by molar-refractivity contribution is 7.92. The summed E-state index contributed by atoms with van der Waals surface area (Å²) < 4.78 is 69.5. The highest BCUT2D eigenvalue weighted by Gasteiger charge is 2.43. The molecule has 4 rings (SSSR count). The molecule has 13 heteroatoms. The van der Waals surface area contributed by atoms with E-state index in [2.05, 4.69) is 24.6 Å². The second-order valence-electron chi connectivity index (χ2n) is 6.59. The minimum atomic E-state index is -4.18. The van der Waals surface area contributed by atoms with Gasteiger partial charge in [-0.25, -0.2) is 8.42 Å². The van der Waals surface area contributed by atoms with E-state index in [9.17, 15) is 22.0 Å². The molecule has 0 radical (unpaired) electrons. The van der Waals surface area contributed by atoms with E-state index >= 15 is 0 Å². The number of carbonyl (C=O) groups is 1. The lowest BCUT2D eigenvalue weighted by Crippen LogP contribution is -2.25. The van der Waals surface area contributed by atoms with Gasteiger partial charge >= 0.3 is 6.29 Å². The van der Waals surface area contributed by atoms with Gasteiger partial charge in [0.1, 0.15) is 16.3 Å². The van der Waals surface area contributed by atoms with Gasteiger partial charge in [-0.3, -0.25) is 14.2 Å². The van der Waals surface area contributed by atoms with Crippen molar-refractivity contribution in [1.29, 1.82) is 0 Å². The molecule has 2 aromatic carbocycles. The fourth-order valence-electron chi connectivity index (χ4n) is 2.98. The second kappa shape index (κ2) is 7.67. The largest absolute Gasteiger partial charge is 0.586 e. The number of benzene rings is 2. The third kappa shape index (κ3) is 4.14. The number of nitrogens with one attached hydrogen (secondary N) is 2. The van der Waals surface area contributed by atoms with E-state index in [1.165, 1.54) is 48.3 Å². The zero-order chi connectivity index (χ0) is 23.1. The van der Waals surface area contributed by atoms with E-state index in [0.29, 0.717) is 5.69 Å². The molecule has 1 amide bonds. The maximum absolute atomic E-state index is 13.2. The molecule has 3 aromatic rings. The molecule has 1 aromatic heterocycles. The zero-order valence-corrected chi connectivity index (χ0v) is 17.4. The van der Waals surface area contributed by atoms with Crippen molar-refractivity contribution < 1.29 is 36.2 Å². The number of halogens is 2. The molecule has 0 unspecified atom stereocenters. The Morgan fingerprint density at radius 2 is 1.81 bits per heavy atom. The van der Waals surface area contributed by atoms with Crippen LogP contribution >= 0.6 is 0 Å². The number of aryl methyl sites for hydroxylation is 1. The average molecular weight is 466 g/mol. The summed E-state index contributed by atoms with van der Waals surface area (Å²) in [6, 6.07) is 8.95. The predicted octanol–water partition coefficient (Wildman–Crippen LogP) is 2.80. The Morgan fingerprint density at radius 1 is 1.09 bits per heavy atom. The van der Waals surface area contributed by atoms with Gasteiger partial charge < -0.3 is 19.5 Å². The van der Waals surface area contributed by atoms with Crippen LogP contribution in [-0.4, -0.2) is 37.5 Å². The van der Waals surface area contributed by atoms with Crippen LogP contribution in [-0.2, 0) is 17.1 Å². The number of anilines is 2. The molecule has 0 saturated carbocycles. The average Bonchev–Trinajstić information content (AvgIpc) is 3.28. The topological polar surface area (TPSA) is 121 Å². The van der Waals surface area contributed by atoms with Crippen molar-refractivity contribution in [2.75, 3.05) is 17.1 Å². The van der Waals surface area contributed by atoms with Crippen LogP contribution in [0.5, 0.6) is 17.2 Å². The normalized spacial score (nSPS) is 14.1. The first-order valence-corrected chi connectivity index (χ1v) is 10.5. The van der Waals surface area contributed by atoms with E-state index in [1.54, 1.807) is 7.05 Å². The minimum Gasteiger partial charge on any atom is -0.495 e. The first kappa shape index (κ1) is 21.4. The number of hydrogen-bond donors (Lipinski definition) is 2. The van der Waals surface area contributed by atoms with Crippen LogP contribution < -0.4 is 24.2 Å². The van der Waals surface area contributed by atoms with Gasteiger partial charge in [0.25, 0.3) is 15.9 Å². The lowest BCUT2D eigenvalue weighted by atomic mass is 10.3. The van der Waals surface area contributed by atoms with E-state index < -0.39 is 22.2 Å². The number of nitrogens with zero attached hydrogens (tertiary/aromatic N) is 2. The number of ether oxygens (including phenoxy) is 3. The molecule has 2 N–H and O–H groups in total. The van der Waals surface area contributed by atoms with Gasteiger partial charge in [-0.15, -0.1) is 8.78 Å². The van der Waals surface area contributed by atoms with Gasteiger partial charge in [0.15, 0.2) is 11.5 Å². The Balaban J connectivity index is 1.56. The number of alkyl halides is 2. The van der Waals surface area contributed by atoms with Crippen molar-refractivity contribution in [2.45, 2.75) is 11.2 Å². The predicted molar refractivity (Wildman–Crippen MR) is 108 cm³/mol.